The third kappa shape index (κ3) is 2.83. The summed E-state index contributed by atoms with van der Waals surface area (Å²) in [6.07, 6.45) is -0.226. The molecule has 0 saturated heterocycles. The summed E-state index contributed by atoms with van der Waals surface area (Å²) in [4.78, 5) is 10.1. The molecule has 0 spiro atoms. The molecule has 16 heavy (non-hydrogen) atoms. The van der Waals surface area contributed by atoms with Gasteiger partial charge in [-0.15, -0.1) is 0 Å². The molecule has 2 N–H and O–H groups in total. The van der Waals surface area contributed by atoms with Crippen molar-refractivity contribution in [3.8, 4) is 11.5 Å². The maximum Gasteiger partial charge on any atom is 0.273 e. The Morgan fingerprint density at radius 1 is 1.50 bits per heavy atom. The molecule has 0 aromatic heterocycles. The Kier molecular flexibility index (Phi) is 4.07. The summed E-state index contributed by atoms with van der Waals surface area (Å²) < 4.78 is 10.5. The summed E-state index contributed by atoms with van der Waals surface area (Å²) in [6, 6.07) is 4.18. The molecule has 6 heteroatoms. The predicted molar refractivity (Wildman–Crippen MR) is 58.8 cm³/mol. The second kappa shape index (κ2) is 5.32. The highest BCUT2D eigenvalue weighted by Crippen LogP contribution is 2.31. The van der Waals surface area contributed by atoms with Crippen LogP contribution in [0.25, 0.3) is 0 Å². The number of methoxy groups -OCH3 is 1. The van der Waals surface area contributed by atoms with E-state index in [0.29, 0.717) is 18.0 Å². The highest BCUT2D eigenvalue weighted by atomic mass is 16.6. The van der Waals surface area contributed by atoms with Crippen molar-refractivity contribution in [3.63, 3.8) is 0 Å². The molecule has 1 aromatic rings. The Morgan fingerprint density at radius 3 is 2.69 bits per heavy atom. The van der Waals surface area contributed by atoms with E-state index in [0.717, 1.165) is 0 Å². The van der Waals surface area contributed by atoms with Crippen LogP contribution in [0.4, 0.5) is 5.69 Å². The van der Waals surface area contributed by atoms with Crippen LogP contribution in [0.5, 0.6) is 11.5 Å². The van der Waals surface area contributed by atoms with E-state index < -0.39 is 4.92 Å². The maximum atomic E-state index is 10.6. The summed E-state index contributed by atoms with van der Waals surface area (Å²) in [5, 5.41) is 10.6. The van der Waals surface area contributed by atoms with Crippen LogP contribution in [0.3, 0.4) is 0 Å². The van der Waals surface area contributed by atoms with Gasteiger partial charge in [0.05, 0.1) is 18.1 Å². The average Bonchev–Trinajstić information content (AvgIpc) is 2.28. The minimum Gasteiger partial charge on any atom is -0.493 e. The smallest absolute Gasteiger partial charge is 0.273 e. The van der Waals surface area contributed by atoms with Gasteiger partial charge in [-0.3, -0.25) is 10.1 Å². The molecule has 1 atom stereocenters. The van der Waals surface area contributed by atoms with Gasteiger partial charge in [-0.2, -0.15) is 0 Å². The molecule has 88 valence electrons. The highest BCUT2D eigenvalue weighted by molar-refractivity contribution is 5.48. The lowest BCUT2D eigenvalue weighted by Crippen LogP contribution is -2.23. The molecule has 0 amide bonds. The van der Waals surface area contributed by atoms with Crippen molar-refractivity contribution < 1.29 is 14.4 Å². The van der Waals surface area contributed by atoms with Crippen molar-refractivity contribution in [2.24, 2.45) is 5.73 Å². The second-order valence-electron chi connectivity index (χ2n) is 3.26. The Balaban J connectivity index is 3.02. The van der Waals surface area contributed by atoms with E-state index in [1.165, 1.54) is 25.3 Å². The molecular formula is C10H14N2O4. The average molecular weight is 226 g/mol. The van der Waals surface area contributed by atoms with Crippen LogP contribution >= 0.6 is 0 Å². The first-order chi connectivity index (χ1) is 7.58. The standard InChI is InChI=1S/C10H14N2O4/c1-7(6-11)16-10-5-8(12(13)14)3-4-9(10)15-2/h3-5,7H,6,11H2,1-2H3. The van der Waals surface area contributed by atoms with Crippen LogP contribution in [0.1, 0.15) is 6.92 Å². The number of benzene rings is 1. The summed E-state index contributed by atoms with van der Waals surface area (Å²) in [7, 11) is 1.47. The highest BCUT2D eigenvalue weighted by Gasteiger charge is 2.14. The summed E-state index contributed by atoms with van der Waals surface area (Å²) >= 11 is 0. The summed E-state index contributed by atoms with van der Waals surface area (Å²) in [5.74, 6) is 0.778. The third-order valence-corrected chi connectivity index (χ3v) is 2.02. The Morgan fingerprint density at radius 2 is 2.19 bits per heavy atom. The molecule has 6 nitrogen and oxygen atoms in total. The van der Waals surface area contributed by atoms with Gasteiger partial charge in [0.25, 0.3) is 5.69 Å². The molecular weight excluding hydrogens is 212 g/mol. The van der Waals surface area contributed by atoms with Crippen LogP contribution < -0.4 is 15.2 Å². The monoisotopic (exact) mass is 226 g/mol. The molecule has 0 aliphatic rings. The quantitative estimate of drug-likeness (QED) is 0.604. The van der Waals surface area contributed by atoms with E-state index in [2.05, 4.69) is 0 Å². The topological polar surface area (TPSA) is 87.6 Å². The number of hydrogen-bond acceptors (Lipinski definition) is 5. The molecule has 1 aromatic carbocycles. The van der Waals surface area contributed by atoms with Crippen molar-refractivity contribution in [1.29, 1.82) is 0 Å². The minimum atomic E-state index is -0.487. The SMILES string of the molecule is COc1ccc([N+](=O)[O-])cc1OC(C)CN. The normalized spacial score (nSPS) is 11.9. The van der Waals surface area contributed by atoms with Crippen molar-refractivity contribution in [3.05, 3.63) is 28.3 Å². The van der Waals surface area contributed by atoms with Gasteiger partial charge in [0.1, 0.15) is 6.10 Å². The third-order valence-electron chi connectivity index (χ3n) is 2.02. The van der Waals surface area contributed by atoms with Gasteiger partial charge in [0.2, 0.25) is 0 Å². The van der Waals surface area contributed by atoms with Gasteiger partial charge < -0.3 is 15.2 Å². The lowest BCUT2D eigenvalue weighted by Gasteiger charge is -2.14. The zero-order chi connectivity index (χ0) is 12.1. The summed E-state index contributed by atoms with van der Waals surface area (Å²) in [5.41, 5.74) is 5.37. The zero-order valence-corrected chi connectivity index (χ0v) is 9.17. The summed E-state index contributed by atoms with van der Waals surface area (Å²) in [6.45, 7) is 2.10. The lowest BCUT2D eigenvalue weighted by molar-refractivity contribution is -0.385. The number of hydrogen-bond donors (Lipinski definition) is 1. The molecule has 1 rings (SSSR count). The number of nitro benzene ring substituents is 1. The molecule has 0 saturated carbocycles. The van der Waals surface area contributed by atoms with Crippen LogP contribution in [-0.4, -0.2) is 24.7 Å². The zero-order valence-electron chi connectivity index (χ0n) is 9.17. The number of nitrogens with two attached hydrogens (primary N) is 1. The van der Waals surface area contributed by atoms with Crippen molar-refractivity contribution in [1.82, 2.24) is 0 Å². The number of nitrogens with zero attached hydrogens (tertiary/aromatic N) is 1. The van der Waals surface area contributed by atoms with Crippen molar-refractivity contribution >= 4 is 5.69 Å². The van der Waals surface area contributed by atoms with Crippen LogP contribution in [0.15, 0.2) is 18.2 Å². The fraction of sp³-hybridized carbons (Fsp3) is 0.400. The molecule has 0 aliphatic carbocycles. The fourth-order valence-corrected chi connectivity index (χ4v) is 1.14. The van der Waals surface area contributed by atoms with Crippen LogP contribution in [0, 0.1) is 10.1 Å². The first-order valence-electron chi connectivity index (χ1n) is 4.77. The number of ether oxygens (including phenoxy) is 2. The van der Waals surface area contributed by atoms with E-state index in [9.17, 15) is 10.1 Å². The molecule has 0 fully saturated rings. The van der Waals surface area contributed by atoms with E-state index >= 15 is 0 Å². The first kappa shape index (κ1) is 12.3. The Bertz CT molecular complexity index is 381. The van der Waals surface area contributed by atoms with Crippen LogP contribution in [0.2, 0.25) is 0 Å². The first-order valence-corrected chi connectivity index (χ1v) is 4.77. The predicted octanol–water partition coefficient (Wildman–Crippen LogP) is 1.33. The maximum absolute atomic E-state index is 10.6. The van der Waals surface area contributed by atoms with E-state index in [4.69, 9.17) is 15.2 Å². The van der Waals surface area contributed by atoms with E-state index in [-0.39, 0.29) is 11.8 Å². The van der Waals surface area contributed by atoms with Gasteiger partial charge in [0, 0.05) is 12.6 Å². The van der Waals surface area contributed by atoms with Crippen molar-refractivity contribution in [2.75, 3.05) is 13.7 Å². The van der Waals surface area contributed by atoms with Crippen LogP contribution in [-0.2, 0) is 0 Å². The number of non-ortho nitro benzene ring substituents is 1. The van der Waals surface area contributed by atoms with E-state index in [1.54, 1.807) is 6.92 Å². The molecule has 0 bridgehead atoms. The lowest BCUT2D eigenvalue weighted by atomic mass is 10.2. The number of nitro groups is 1. The van der Waals surface area contributed by atoms with Gasteiger partial charge in [-0.05, 0) is 13.0 Å². The Hall–Kier alpha value is -1.82. The van der Waals surface area contributed by atoms with E-state index in [1.807, 2.05) is 0 Å². The van der Waals surface area contributed by atoms with Gasteiger partial charge in [-0.1, -0.05) is 0 Å². The van der Waals surface area contributed by atoms with Gasteiger partial charge in [0.15, 0.2) is 11.5 Å². The Labute approximate surface area is 93.1 Å². The largest absolute Gasteiger partial charge is 0.493 e. The molecule has 0 aliphatic heterocycles. The van der Waals surface area contributed by atoms with Crippen molar-refractivity contribution in [2.45, 2.75) is 13.0 Å². The molecule has 0 heterocycles. The molecule has 1 unspecified atom stereocenters. The second-order valence-corrected chi connectivity index (χ2v) is 3.26. The fourth-order valence-electron chi connectivity index (χ4n) is 1.14. The minimum absolute atomic E-state index is 0.0416. The number of rotatable bonds is 5. The van der Waals surface area contributed by atoms with Gasteiger partial charge in [-0.25, -0.2) is 0 Å². The van der Waals surface area contributed by atoms with Gasteiger partial charge >= 0.3 is 0 Å². The molecule has 0 radical (unpaired) electrons.